The molecule has 3 aromatic carbocycles. The number of hydrogen-bond donors (Lipinski definition) is 1. The number of benzene rings is 3. The van der Waals surface area contributed by atoms with Crippen molar-refractivity contribution in [1.29, 1.82) is 0 Å². The number of amides is 1. The van der Waals surface area contributed by atoms with Crippen molar-refractivity contribution in [2.75, 3.05) is 10.8 Å². The molecule has 5 nitrogen and oxygen atoms in total. The second kappa shape index (κ2) is 9.79. The molecule has 0 heterocycles. The Kier molecular flexibility index (Phi) is 7.13. The van der Waals surface area contributed by atoms with Gasteiger partial charge in [-0.3, -0.25) is 9.10 Å². The molecule has 0 aliphatic heterocycles. The number of nitrogens with zero attached hydrogens (tertiary/aromatic N) is 1. The van der Waals surface area contributed by atoms with Gasteiger partial charge in [-0.15, -0.1) is 0 Å². The zero-order chi connectivity index (χ0) is 22.4. The molecule has 3 aromatic rings. The molecule has 162 valence electrons. The molecule has 0 saturated carbocycles. The van der Waals surface area contributed by atoms with Crippen molar-refractivity contribution in [1.82, 2.24) is 5.32 Å². The van der Waals surface area contributed by atoms with E-state index in [0.29, 0.717) is 12.1 Å². The number of nitrogens with one attached hydrogen (secondary N) is 1. The van der Waals surface area contributed by atoms with Crippen LogP contribution in [0.15, 0.2) is 83.8 Å². The van der Waals surface area contributed by atoms with Crippen molar-refractivity contribution < 1.29 is 13.2 Å². The fourth-order valence-electron chi connectivity index (χ4n) is 3.62. The van der Waals surface area contributed by atoms with Gasteiger partial charge >= 0.3 is 0 Å². The maximum absolute atomic E-state index is 13.3. The first-order valence-electron chi connectivity index (χ1n) is 10.3. The van der Waals surface area contributed by atoms with Gasteiger partial charge in [0.25, 0.3) is 10.0 Å². The Bertz CT molecular complexity index is 1130. The van der Waals surface area contributed by atoms with E-state index in [1.807, 2.05) is 39.0 Å². The van der Waals surface area contributed by atoms with E-state index < -0.39 is 10.0 Å². The highest BCUT2D eigenvalue weighted by molar-refractivity contribution is 7.92. The monoisotopic (exact) mass is 436 g/mol. The second-order valence-electron chi connectivity index (χ2n) is 7.55. The average molecular weight is 437 g/mol. The number of rotatable bonds is 8. The van der Waals surface area contributed by atoms with E-state index in [-0.39, 0.29) is 23.4 Å². The van der Waals surface area contributed by atoms with Crippen LogP contribution in [0.1, 0.15) is 36.1 Å². The number of carbonyl (C=O) groups excluding carboxylic acids is 1. The van der Waals surface area contributed by atoms with Crippen LogP contribution >= 0.6 is 0 Å². The molecular weight excluding hydrogens is 408 g/mol. The Hall–Kier alpha value is -3.12. The van der Waals surface area contributed by atoms with Gasteiger partial charge in [0.05, 0.1) is 16.6 Å². The SMILES string of the molecule is CC[C@@H](NC(=O)CN(c1ccccc1)S(=O)(=O)c1ccccc1)c1ccc(C)cc1C. The Labute approximate surface area is 184 Å². The molecule has 1 N–H and O–H groups in total. The highest BCUT2D eigenvalue weighted by Gasteiger charge is 2.27. The summed E-state index contributed by atoms with van der Waals surface area (Å²) in [5.74, 6) is -0.352. The van der Waals surface area contributed by atoms with Crippen LogP contribution < -0.4 is 9.62 Å². The summed E-state index contributed by atoms with van der Waals surface area (Å²) < 4.78 is 27.8. The molecule has 3 rings (SSSR count). The molecule has 0 bridgehead atoms. The van der Waals surface area contributed by atoms with E-state index in [2.05, 4.69) is 11.4 Å². The molecule has 0 aliphatic rings. The average Bonchev–Trinajstić information content (AvgIpc) is 2.77. The molecular formula is C25H28N2O3S. The van der Waals surface area contributed by atoms with Crippen molar-refractivity contribution in [2.45, 2.75) is 38.1 Å². The zero-order valence-electron chi connectivity index (χ0n) is 18.1. The van der Waals surface area contributed by atoms with E-state index in [1.165, 1.54) is 12.1 Å². The fraction of sp³-hybridized carbons (Fsp3) is 0.240. The van der Waals surface area contributed by atoms with E-state index in [1.54, 1.807) is 42.5 Å². The van der Waals surface area contributed by atoms with E-state index in [9.17, 15) is 13.2 Å². The molecule has 31 heavy (non-hydrogen) atoms. The second-order valence-corrected chi connectivity index (χ2v) is 9.41. The van der Waals surface area contributed by atoms with Crippen LogP contribution in [0.25, 0.3) is 0 Å². The van der Waals surface area contributed by atoms with Gasteiger partial charge in [0, 0.05) is 0 Å². The van der Waals surface area contributed by atoms with Crippen molar-refractivity contribution in [3.05, 3.63) is 95.6 Å². The number of sulfonamides is 1. The molecule has 0 spiro atoms. The summed E-state index contributed by atoms with van der Waals surface area (Å²) in [7, 11) is -3.90. The van der Waals surface area contributed by atoms with Crippen molar-refractivity contribution >= 4 is 21.6 Å². The third-order valence-electron chi connectivity index (χ3n) is 5.21. The number of aryl methyl sites for hydroxylation is 2. The van der Waals surface area contributed by atoms with Gasteiger partial charge in [0.15, 0.2) is 0 Å². The predicted octanol–water partition coefficient (Wildman–Crippen LogP) is 4.77. The number of anilines is 1. The largest absolute Gasteiger partial charge is 0.348 e. The highest BCUT2D eigenvalue weighted by atomic mass is 32.2. The van der Waals surface area contributed by atoms with Crippen LogP contribution in [0.3, 0.4) is 0 Å². The first kappa shape index (κ1) is 22.6. The Balaban J connectivity index is 1.88. The molecule has 0 aliphatic carbocycles. The molecule has 1 amide bonds. The quantitative estimate of drug-likeness (QED) is 0.553. The van der Waals surface area contributed by atoms with E-state index in [4.69, 9.17) is 0 Å². The minimum Gasteiger partial charge on any atom is -0.348 e. The van der Waals surface area contributed by atoms with Gasteiger partial charge in [0.2, 0.25) is 5.91 Å². The van der Waals surface area contributed by atoms with Crippen LogP contribution in [-0.2, 0) is 14.8 Å². The molecule has 0 aromatic heterocycles. The zero-order valence-corrected chi connectivity index (χ0v) is 18.9. The Morgan fingerprint density at radius 1 is 0.935 bits per heavy atom. The lowest BCUT2D eigenvalue weighted by Gasteiger charge is -2.26. The Morgan fingerprint density at radius 2 is 1.55 bits per heavy atom. The first-order valence-corrected chi connectivity index (χ1v) is 11.8. The van der Waals surface area contributed by atoms with E-state index in [0.717, 1.165) is 21.0 Å². The summed E-state index contributed by atoms with van der Waals surface area (Å²) in [6.07, 6.45) is 0.701. The lowest BCUT2D eigenvalue weighted by molar-refractivity contribution is -0.120. The summed E-state index contributed by atoms with van der Waals surface area (Å²) in [4.78, 5) is 13.2. The summed E-state index contributed by atoms with van der Waals surface area (Å²) in [6.45, 7) is 5.75. The first-order chi connectivity index (χ1) is 14.8. The smallest absolute Gasteiger partial charge is 0.264 e. The summed E-state index contributed by atoms with van der Waals surface area (Å²) in [5.41, 5.74) is 3.75. The van der Waals surface area contributed by atoms with Crippen molar-refractivity contribution in [3.63, 3.8) is 0 Å². The fourth-order valence-corrected chi connectivity index (χ4v) is 5.06. The minimum atomic E-state index is -3.90. The summed E-state index contributed by atoms with van der Waals surface area (Å²) in [5, 5.41) is 3.02. The van der Waals surface area contributed by atoms with Gasteiger partial charge < -0.3 is 5.32 Å². The molecule has 0 unspecified atom stereocenters. The molecule has 1 atom stereocenters. The molecule has 6 heteroatoms. The van der Waals surface area contributed by atoms with Crippen molar-refractivity contribution in [3.8, 4) is 0 Å². The van der Waals surface area contributed by atoms with Crippen molar-refractivity contribution in [2.24, 2.45) is 0 Å². The van der Waals surface area contributed by atoms with Crippen LogP contribution in [0, 0.1) is 13.8 Å². The van der Waals surface area contributed by atoms with Gasteiger partial charge in [-0.1, -0.05) is 67.1 Å². The van der Waals surface area contributed by atoms with Gasteiger partial charge in [0.1, 0.15) is 6.54 Å². The summed E-state index contributed by atoms with van der Waals surface area (Å²) in [6, 6.07) is 22.8. The standard InChI is InChI=1S/C25H28N2O3S/c1-4-24(23-16-15-19(2)17-20(23)3)26-25(28)18-27(21-11-7-5-8-12-21)31(29,30)22-13-9-6-10-14-22/h5-17,24H,4,18H2,1-3H3,(H,26,28)/t24-/m1/s1. The van der Waals surface area contributed by atoms with Gasteiger partial charge in [-0.2, -0.15) is 0 Å². The number of carbonyl (C=O) groups is 1. The normalized spacial score (nSPS) is 12.2. The Morgan fingerprint density at radius 3 is 2.13 bits per heavy atom. The number of para-hydroxylation sites is 1. The lowest BCUT2D eigenvalue weighted by Crippen LogP contribution is -2.42. The van der Waals surface area contributed by atoms with Gasteiger partial charge in [-0.05, 0) is 55.7 Å². The maximum atomic E-state index is 13.3. The minimum absolute atomic E-state index is 0.146. The maximum Gasteiger partial charge on any atom is 0.264 e. The number of hydrogen-bond acceptors (Lipinski definition) is 3. The molecule has 0 saturated heterocycles. The third-order valence-corrected chi connectivity index (χ3v) is 6.99. The topological polar surface area (TPSA) is 66.5 Å². The predicted molar refractivity (Wildman–Crippen MR) is 125 cm³/mol. The molecule has 0 fully saturated rings. The molecule has 0 radical (unpaired) electrons. The van der Waals surface area contributed by atoms with Crippen LogP contribution in [-0.4, -0.2) is 20.9 Å². The van der Waals surface area contributed by atoms with Crippen LogP contribution in [0.5, 0.6) is 0 Å². The summed E-state index contributed by atoms with van der Waals surface area (Å²) >= 11 is 0. The highest BCUT2D eigenvalue weighted by Crippen LogP contribution is 2.25. The van der Waals surface area contributed by atoms with Crippen LogP contribution in [0.2, 0.25) is 0 Å². The third kappa shape index (κ3) is 5.33. The van der Waals surface area contributed by atoms with E-state index >= 15 is 0 Å². The van der Waals surface area contributed by atoms with Crippen LogP contribution in [0.4, 0.5) is 5.69 Å². The van der Waals surface area contributed by atoms with Gasteiger partial charge in [-0.25, -0.2) is 8.42 Å². The lowest BCUT2D eigenvalue weighted by atomic mass is 9.97.